The third kappa shape index (κ3) is 1.04. The highest BCUT2D eigenvalue weighted by atomic mass is 16.3. The summed E-state index contributed by atoms with van der Waals surface area (Å²) in [7, 11) is 0. The molecule has 0 aromatic carbocycles. The minimum absolute atomic E-state index is 0.327. The fourth-order valence-corrected chi connectivity index (χ4v) is 0.503. The number of aromatic nitrogens is 1. The van der Waals surface area contributed by atoms with Gasteiger partial charge in [0.2, 0.25) is 0 Å². The molecule has 0 amide bonds. The van der Waals surface area contributed by atoms with E-state index in [0.717, 1.165) is 5.56 Å². The first-order valence-corrected chi connectivity index (χ1v) is 2.47. The second-order valence-corrected chi connectivity index (χ2v) is 1.54. The lowest BCUT2D eigenvalue weighted by Gasteiger charge is -1.85. The molecule has 2 nitrogen and oxygen atoms in total. The average molecular weight is 110 g/mol. The van der Waals surface area contributed by atoms with E-state index in [1.165, 1.54) is 0 Å². The Morgan fingerprint density at radius 3 is 2.88 bits per heavy atom. The van der Waals surface area contributed by atoms with E-state index in [1.807, 2.05) is 12.1 Å². The SMILES string of the molecule is [OH2+]Cc1cccnc1. The van der Waals surface area contributed by atoms with Crippen LogP contribution in [0.1, 0.15) is 5.56 Å². The molecule has 1 aromatic heterocycles. The summed E-state index contributed by atoms with van der Waals surface area (Å²) in [5, 5.41) is 6.90. The van der Waals surface area contributed by atoms with Crippen LogP contribution < -0.4 is 0 Å². The largest absolute Gasteiger partial charge is 0.442 e. The molecule has 0 bridgehead atoms. The second-order valence-electron chi connectivity index (χ2n) is 1.54. The summed E-state index contributed by atoms with van der Waals surface area (Å²) in [6.07, 6.45) is 3.41. The molecule has 0 saturated heterocycles. The van der Waals surface area contributed by atoms with Gasteiger partial charge in [0.1, 0.15) is 0 Å². The van der Waals surface area contributed by atoms with E-state index in [4.69, 9.17) is 5.11 Å². The molecule has 0 unspecified atom stereocenters. The van der Waals surface area contributed by atoms with E-state index in [0.29, 0.717) is 6.61 Å². The molecule has 2 heteroatoms. The zero-order valence-corrected chi connectivity index (χ0v) is 4.46. The van der Waals surface area contributed by atoms with Crippen LogP contribution in [-0.2, 0) is 6.61 Å². The molecule has 1 heterocycles. The molecule has 8 heavy (non-hydrogen) atoms. The van der Waals surface area contributed by atoms with Crippen molar-refractivity contribution in [3.63, 3.8) is 0 Å². The molecule has 2 N–H and O–H groups in total. The van der Waals surface area contributed by atoms with Crippen molar-refractivity contribution >= 4 is 0 Å². The van der Waals surface area contributed by atoms with Gasteiger partial charge in [-0.15, -0.1) is 0 Å². The standard InChI is InChI=1S/C6H7NO/c8-5-6-2-1-3-7-4-6/h1-4,8H,5H2/p+1. The Morgan fingerprint density at radius 1 is 1.62 bits per heavy atom. The van der Waals surface area contributed by atoms with E-state index in [1.54, 1.807) is 12.4 Å². The van der Waals surface area contributed by atoms with Gasteiger partial charge in [0.15, 0.2) is 6.61 Å². The maximum Gasteiger partial charge on any atom is 0.171 e. The Labute approximate surface area is 47.8 Å². The Bertz CT molecular complexity index is 150. The summed E-state index contributed by atoms with van der Waals surface area (Å²) in [6.45, 7) is 0.327. The van der Waals surface area contributed by atoms with Gasteiger partial charge in [0.05, 0.1) is 0 Å². The van der Waals surface area contributed by atoms with Crippen molar-refractivity contribution in [2.75, 3.05) is 0 Å². The molecular formula is C6H8NO+. The molecule has 1 rings (SSSR count). The Hall–Kier alpha value is -0.890. The van der Waals surface area contributed by atoms with Gasteiger partial charge in [-0.3, -0.25) is 4.98 Å². The number of hydrogen-bond donors (Lipinski definition) is 0. The molecule has 0 saturated carbocycles. The number of hydrogen-bond acceptors (Lipinski definition) is 1. The Balaban J connectivity index is 2.83. The van der Waals surface area contributed by atoms with Crippen LogP contribution in [0.4, 0.5) is 0 Å². The average Bonchev–Trinajstić information content (AvgIpc) is 1.90. The van der Waals surface area contributed by atoms with E-state index in [9.17, 15) is 0 Å². The van der Waals surface area contributed by atoms with Crippen LogP contribution in [0.25, 0.3) is 0 Å². The molecule has 42 valence electrons. The van der Waals surface area contributed by atoms with E-state index in [2.05, 4.69) is 4.98 Å². The van der Waals surface area contributed by atoms with Gasteiger partial charge in [-0.2, -0.15) is 0 Å². The van der Waals surface area contributed by atoms with Gasteiger partial charge in [0.25, 0.3) is 0 Å². The predicted octanol–water partition coefficient (Wildman–Crippen LogP) is 0.306. The van der Waals surface area contributed by atoms with Crippen molar-refractivity contribution in [3.05, 3.63) is 30.1 Å². The van der Waals surface area contributed by atoms with Gasteiger partial charge < -0.3 is 5.11 Å². The highest BCUT2D eigenvalue weighted by Gasteiger charge is 1.86. The van der Waals surface area contributed by atoms with Crippen molar-refractivity contribution in [1.29, 1.82) is 0 Å². The summed E-state index contributed by atoms with van der Waals surface area (Å²) >= 11 is 0. The van der Waals surface area contributed by atoms with Gasteiger partial charge in [-0.05, 0) is 12.1 Å². The van der Waals surface area contributed by atoms with Crippen LogP contribution in [0.5, 0.6) is 0 Å². The van der Waals surface area contributed by atoms with Crippen LogP contribution in [0.15, 0.2) is 24.5 Å². The maximum absolute atomic E-state index is 6.90. The van der Waals surface area contributed by atoms with Crippen LogP contribution in [0.2, 0.25) is 0 Å². The number of pyridine rings is 1. The van der Waals surface area contributed by atoms with Gasteiger partial charge >= 0.3 is 0 Å². The van der Waals surface area contributed by atoms with Crippen LogP contribution in [0.3, 0.4) is 0 Å². The zero-order valence-electron chi connectivity index (χ0n) is 4.46. The van der Waals surface area contributed by atoms with Crippen molar-refractivity contribution in [1.82, 2.24) is 4.98 Å². The normalized spacial score (nSPS) is 9.12. The molecule has 0 spiro atoms. The van der Waals surface area contributed by atoms with Crippen LogP contribution in [0, 0.1) is 0 Å². The van der Waals surface area contributed by atoms with Crippen molar-refractivity contribution < 1.29 is 5.11 Å². The van der Waals surface area contributed by atoms with Gasteiger partial charge in [0, 0.05) is 18.0 Å². The number of nitrogens with zero attached hydrogens (tertiary/aromatic N) is 1. The van der Waals surface area contributed by atoms with Crippen LogP contribution in [-0.4, -0.2) is 10.1 Å². The van der Waals surface area contributed by atoms with Gasteiger partial charge in [-0.1, -0.05) is 0 Å². The maximum atomic E-state index is 6.90. The van der Waals surface area contributed by atoms with E-state index in [-0.39, 0.29) is 0 Å². The number of rotatable bonds is 1. The van der Waals surface area contributed by atoms with Crippen molar-refractivity contribution in [3.8, 4) is 0 Å². The monoisotopic (exact) mass is 110 g/mol. The molecule has 0 atom stereocenters. The first kappa shape index (κ1) is 5.25. The molecule has 0 radical (unpaired) electrons. The highest BCUT2D eigenvalue weighted by molar-refractivity contribution is 5.06. The summed E-state index contributed by atoms with van der Waals surface area (Å²) in [5.74, 6) is 0. The molecule has 1 aromatic rings. The minimum atomic E-state index is 0.327. The second kappa shape index (κ2) is 2.43. The molecule has 0 aliphatic carbocycles. The third-order valence-electron chi connectivity index (χ3n) is 0.927. The lowest BCUT2D eigenvalue weighted by molar-refractivity contribution is 0.281. The smallest absolute Gasteiger partial charge is 0.171 e. The Kier molecular flexibility index (Phi) is 1.59. The fraction of sp³-hybridized carbons (Fsp3) is 0.167. The fourth-order valence-electron chi connectivity index (χ4n) is 0.503. The minimum Gasteiger partial charge on any atom is -0.442 e. The summed E-state index contributed by atoms with van der Waals surface area (Å²) in [6, 6.07) is 3.73. The van der Waals surface area contributed by atoms with E-state index >= 15 is 0 Å². The first-order valence-electron chi connectivity index (χ1n) is 2.47. The summed E-state index contributed by atoms with van der Waals surface area (Å²) in [5.41, 5.74) is 0.965. The quantitative estimate of drug-likeness (QED) is 0.479. The zero-order chi connectivity index (χ0) is 5.82. The molecule has 0 aliphatic heterocycles. The molecule has 0 fully saturated rings. The lowest BCUT2D eigenvalue weighted by Crippen LogP contribution is -1.80. The third-order valence-corrected chi connectivity index (χ3v) is 0.927. The lowest BCUT2D eigenvalue weighted by atomic mass is 10.3. The van der Waals surface area contributed by atoms with Gasteiger partial charge in [-0.25, -0.2) is 0 Å². The molecular weight excluding hydrogens is 102 g/mol. The summed E-state index contributed by atoms with van der Waals surface area (Å²) < 4.78 is 0. The van der Waals surface area contributed by atoms with Crippen molar-refractivity contribution in [2.24, 2.45) is 0 Å². The summed E-state index contributed by atoms with van der Waals surface area (Å²) in [4.78, 5) is 3.84. The first-order chi connectivity index (χ1) is 3.93. The van der Waals surface area contributed by atoms with Crippen molar-refractivity contribution in [2.45, 2.75) is 6.61 Å². The topological polar surface area (TPSA) is 35.8 Å². The predicted molar refractivity (Wildman–Crippen MR) is 31.6 cm³/mol. The van der Waals surface area contributed by atoms with Crippen LogP contribution >= 0.6 is 0 Å². The van der Waals surface area contributed by atoms with E-state index < -0.39 is 0 Å². The Morgan fingerprint density at radius 2 is 2.50 bits per heavy atom. The highest BCUT2D eigenvalue weighted by Crippen LogP contribution is 1.92. The molecule has 0 aliphatic rings.